The zero-order chi connectivity index (χ0) is 17.2. The molecule has 0 aliphatic rings. The van der Waals surface area contributed by atoms with Crippen molar-refractivity contribution >= 4 is 17.9 Å². The van der Waals surface area contributed by atoms with Crippen LogP contribution in [0.15, 0.2) is 30.3 Å². The minimum atomic E-state index is -2.74. The SMILES string of the molecule is O.O=C(O)CC(O)(CC(=O)O)C(=O)O.OCOc1ccccc1. The number of aliphatic hydroxyl groups is 2. The molecule has 0 aliphatic carbocycles. The third-order valence-electron chi connectivity index (χ3n) is 2.26. The minimum Gasteiger partial charge on any atom is -0.481 e. The summed E-state index contributed by atoms with van der Waals surface area (Å²) in [5.74, 6) is -4.32. The summed E-state index contributed by atoms with van der Waals surface area (Å²) in [7, 11) is 0. The fourth-order valence-electron chi connectivity index (χ4n) is 1.31. The molecule has 1 rings (SSSR count). The number of carboxylic acid groups (broad SMARTS) is 3. The smallest absolute Gasteiger partial charge is 0.336 e. The van der Waals surface area contributed by atoms with Crippen molar-refractivity contribution in [2.45, 2.75) is 18.4 Å². The molecule has 10 nitrogen and oxygen atoms in total. The molecule has 23 heavy (non-hydrogen) atoms. The highest BCUT2D eigenvalue weighted by atomic mass is 16.6. The zero-order valence-electron chi connectivity index (χ0n) is 11.9. The van der Waals surface area contributed by atoms with E-state index in [1.165, 1.54) is 0 Å². The van der Waals surface area contributed by atoms with Crippen LogP contribution >= 0.6 is 0 Å². The number of ether oxygens (including phenoxy) is 1. The number of aliphatic carboxylic acids is 3. The van der Waals surface area contributed by atoms with Gasteiger partial charge in [-0.05, 0) is 12.1 Å². The van der Waals surface area contributed by atoms with Crippen LogP contribution in [0.25, 0.3) is 0 Å². The molecule has 10 heteroatoms. The van der Waals surface area contributed by atoms with Gasteiger partial charge in [0.05, 0.1) is 12.8 Å². The van der Waals surface area contributed by atoms with E-state index >= 15 is 0 Å². The molecule has 0 heterocycles. The lowest BCUT2D eigenvalue weighted by molar-refractivity contribution is -0.170. The van der Waals surface area contributed by atoms with Gasteiger partial charge in [0.25, 0.3) is 0 Å². The fraction of sp³-hybridized carbons (Fsp3) is 0.308. The Morgan fingerprint density at radius 2 is 1.39 bits per heavy atom. The summed E-state index contributed by atoms with van der Waals surface area (Å²) in [5, 5.41) is 42.1. The van der Waals surface area contributed by atoms with Gasteiger partial charge in [-0.1, -0.05) is 18.2 Å². The summed E-state index contributed by atoms with van der Waals surface area (Å²) in [4.78, 5) is 30.5. The number of hydrogen-bond donors (Lipinski definition) is 5. The quantitative estimate of drug-likeness (QED) is 0.386. The molecule has 0 aliphatic heterocycles. The molecule has 0 saturated heterocycles. The van der Waals surface area contributed by atoms with Crippen LogP contribution in [-0.2, 0) is 14.4 Å². The molecule has 0 unspecified atom stereocenters. The first-order valence-electron chi connectivity index (χ1n) is 5.89. The lowest BCUT2D eigenvalue weighted by atomic mass is 9.96. The van der Waals surface area contributed by atoms with Gasteiger partial charge < -0.3 is 35.7 Å². The largest absolute Gasteiger partial charge is 0.481 e. The molecule has 0 radical (unpaired) electrons. The van der Waals surface area contributed by atoms with Gasteiger partial charge in [-0.15, -0.1) is 0 Å². The fourth-order valence-corrected chi connectivity index (χ4v) is 1.31. The molecule has 0 spiro atoms. The van der Waals surface area contributed by atoms with Gasteiger partial charge in [0.15, 0.2) is 12.4 Å². The second kappa shape index (κ2) is 11.0. The van der Waals surface area contributed by atoms with E-state index in [1.54, 1.807) is 12.1 Å². The molecular weight excluding hydrogens is 316 g/mol. The van der Waals surface area contributed by atoms with Crippen LogP contribution in [0.5, 0.6) is 5.75 Å². The lowest BCUT2D eigenvalue weighted by Crippen LogP contribution is -2.42. The van der Waals surface area contributed by atoms with Crippen molar-refractivity contribution in [2.75, 3.05) is 6.79 Å². The van der Waals surface area contributed by atoms with E-state index in [2.05, 4.69) is 0 Å². The highest BCUT2D eigenvalue weighted by molar-refractivity contribution is 5.88. The minimum absolute atomic E-state index is 0. The van der Waals surface area contributed by atoms with E-state index in [9.17, 15) is 14.4 Å². The molecule has 0 aromatic heterocycles. The van der Waals surface area contributed by atoms with Crippen LogP contribution in [0.4, 0.5) is 0 Å². The Balaban J connectivity index is 0. The van der Waals surface area contributed by atoms with Crippen molar-refractivity contribution in [3.05, 3.63) is 30.3 Å². The zero-order valence-corrected chi connectivity index (χ0v) is 11.9. The Morgan fingerprint density at radius 3 is 1.70 bits per heavy atom. The van der Waals surface area contributed by atoms with E-state index in [0.29, 0.717) is 5.75 Å². The van der Waals surface area contributed by atoms with Gasteiger partial charge in [-0.2, -0.15) is 0 Å². The summed E-state index contributed by atoms with van der Waals surface area (Å²) in [5.41, 5.74) is -2.74. The molecule has 0 amide bonds. The van der Waals surface area contributed by atoms with Crippen LogP contribution in [0.3, 0.4) is 0 Å². The van der Waals surface area contributed by atoms with Crippen molar-refractivity contribution in [2.24, 2.45) is 0 Å². The van der Waals surface area contributed by atoms with E-state index < -0.39 is 36.4 Å². The molecule has 0 bridgehead atoms. The first kappa shape index (κ1) is 22.6. The van der Waals surface area contributed by atoms with Gasteiger partial charge >= 0.3 is 17.9 Å². The molecule has 0 fully saturated rings. The molecule has 1 aromatic carbocycles. The summed E-state index contributed by atoms with van der Waals surface area (Å²) < 4.78 is 4.76. The summed E-state index contributed by atoms with van der Waals surface area (Å²) in [6, 6.07) is 9.17. The van der Waals surface area contributed by atoms with Crippen LogP contribution in [0.1, 0.15) is 12.8 Å². The molecular formula is C13H18O10. The third-order valence-corrected chi connectivity index (χ3v) is 2.26. The van der Waals surface area contributed by atoms with Crippen molar-refractivity contribution in [1.82, 2.24) is 0 Å². The van der Waals surface area contributed by atoms with E-state index in [4.69, 9.17) is 30.3 Å². The lowest BCUT2D eigenvalue weighted by Gasteiger charge is -2.18. The molecule has 0 atom stereocenters. The van der Waals surface area contributed by atoms with Crippen molar-refractivity contribution in [1.29, 1.82) is 0 Å². The van der Waals surface area contributed by atoms with E-state index in [-0.39, 0.29) is 12.3 Å². The Morgan fingerprint density at radius 1 is 0.957 bits per heavy atom. The first-order valence-corrected chi connectivity index (χ1v) is 5.89. The summed E-state index contributed by atoms with van der Waals surface area (Å²) in [6.07, 6.45) is -2.29. The maximum absolute atomic E-state index is 10.3. The maximum Gasteiger partial charge on any atom is 0.336 e. The van der Waals surface area contributed by atoms with Gasteiger partial charge in [-0.25, -0.2) is 4.79 Å². The van der Waals surface area contributed by atoms with Crippen LogP contribution in [-0.4, -0.2) is 61.3 Å². The predicted octanol–water partition coefficient (Wildman–Crippen LogP) is -1.06. The number of aliphatic hydroxyl groups excluding tert-OH is 1. The van der Waals surface area contributed by atoms with Crippen molar-refractivity contribution < 1.29 is 50.1 Å². The molecule has 0 saturated carbocycles. The highest BCUT2D eigenvalue weighted by Crippen LogP contribution is 2.15. The average Bonchev–Trinajstić information content (AvgIpc) is 2.39. The molecule has 1 aromatic rings. The second-order valence-electron chi connectivity index (χ2n) is 4.06. The Hall–Kier alpha value is -2.69. The summed E-state index contributed by atoms with van der Waals surface area (Å²) in [6.45, 7) is -0.260. The summed E-state index contributed by atoms with van der Waals surface area (Å²) >= 11 is 0. The van der Waals surface area contributed by atoms with Gasteiger partial charge in [-0.3, -0.25) is 9.59 Å². The Kier molecular flexibility index (Phi) is 10.8. The Bertz CT molecular complexity index is 483. The van der Waals surface area contributed by atoms with Gasteiger partial charge in [0.1, 0.15) is 5.75 Å². The molecule has 7 N–H and O–H groups in total. The second-order valence-corrected chi connectivity index (χ2v) is 4.06. The average molecular weight is 334 g/mol. The number of hydrogen-bond acceptors (Lipinski definition) is 6. The normalized spacial score (nSPS) is 9.65. The predicted molar refractivity (Wildman–Crippen MR) is 74.9 cm³/mol. The number of benzene rings is 1. The topological polar surface area (TPSA) is 193 Å². The van der Waals surface area contributed by atoms with Crippen LogP contribution in [0.2, 0.25) is 0 Å². The third kappa shape index (κ3) is 9.79. The van der Waals surface area contributed by atoms with Crippen molar-refractivity contribution in [3.8, 4) is 5.75 Å². The Labute approximate surface area is 130 Å². The number of rotatable bonds is 7. The van der Waals surface area contributed by atoms with Crippen molar-refractivity contribution in [3.63, 3.8) is 0 Å². The standard InChI is InChI=1S/C7H8O2.C6H8O7.H2O/c8-6-9-7-4-2-1-3-5-7;7-3(8)1-6(13,5(11)12)2-4(9)10;/h1-5,8H,6H2;13H,1-2H2,(H,7,8)(H,9,10)(H,11,12);1H2. The molecule has 130 valence electrons. The van der Waals surface area contributed by atoms with Gasteiger partial charge in [0, 0.05) is 0 Å². The first-order chi connectivity index (χ1) is 10.2. The number of para-hydroxylation sites is 1. The van der Waals surface area contributed by atoms with Gasteiger partial charge in [0.2, 0.25) is 0 Å². The maximum atomic E-state index is 10.3. The highest BCUT2D eigenvalue weighted by Gasteiger charge is 2.40. The van der Waals surface area contributed by atoms with Crippen LogP contribution < -0.4 is 4.74 Å². The van der Waals surface area contributed by atoms with E-state index in [0.717, 1.165) is 0 Å². The monoisotopic (exact) mass is 334 g/mol. The number of carbonyl (C=O) groups is 3. The number of carboxylic acids is 3. The van der Waals surface area contributed by atoms with Crippen LogP contribution in [0, 0.1) is 0 Å². The van der Waals surface area contributed by atoms with E-state index in [1.807, 2.05) is 18.2 Å².